The molecule has 0 saturated heterocycles. The van der Waals surface area contributed by atoms with Crippen LogP contribution >= 0.6 is 0 Å². The summed E-state index contributed by atoms with van der Waals surface area (Å²) in [4.78, 5) is 8.82. The number of hydrogen-bond donors (Lipinski definition) is 1. The second kappa shape index (κ2) is 5.05. The lowest BCUT2D eigenvalue weighted by molar-refractivity contribution is 0.620. The van der Waals surface area contributed by atoms with E-state index in [1.807, 2.05) is 35.6 Å². The summed E-state index contributed by atoms with van der Waals surface area (Å²) in [6.45, 7) is 3.77. The Labute approximate surface area is 132 Å². The number of nitrogens with zero attached hydrogens (tertiary/aromatic N) is 3. The standard InChI is InChI=1S/C18H15FN4/c1-11-5-3-4-6-14(11)21-18-17-9-20-10-23(17)16-7-12(2)13(19)8-15(16)22-18/h3-10H,1-2H3,(H,21,22). The second-order valence-corrected chi connectivity index (χ2v) is 5.64. The van der Waals surface area contributed by atoms with Gasteiger partial charge in [0, 0.05) is 11.8 Å². The van der Waals surface area contributed by atoms with Gasteiger partial charge >= 0.3 is 0 Å². The lowest BCUT2D eigenvalue weighted by Gasteiger charge is -2.12. The van der Waals surface area contributed by atoms with E-state index in [0.29, 0.717) is 16.9 Å². The van der Waals surface area contributed by atoms with Crippen molar-refractivity contribution in [2.24, 2.45) is 0 Å². The van der Waals surface area contributed by atoms with E-state index in [-0.39, 0.29) is 5.82 Å². The molecule has 0 radical (unpaired) electrons. The fraction of sp³-hybridized carbons (Fsp3) is 0.111. The minimum Gasteiger partial charge on any atom is -0.338 e. The molecule has 5 heteroatoms. The Bertz CT molecular complexity index is 1040. The summed E-state index contributed by atoms with van der Waals surface area (Å²) < 4.78 is 15.8. The SMILES string of the molecule is Cc1cc2c(cc1F)nc(Nc1ccccc1C)c1cncn12. The van der Waals surface area contributed by atoms with Gasteiger partial charge in [0.2, 0.25) is 0 Å². The third kappa shape index (κ3) is 2.21. The normalized spacial score (nSPS) is 11.3. The number of benzene rings is 2. The number of halogens is 1. The summed E-state index contributed by atoms with van der Waals surface area (Å²) in [5.41, 5.74) is 4.96. The predicted molar refractivity (Wildman–Crippen MR) is 89.6 cm³/mol. The van der Waals surface area contributed by atoms with Gasteiger partial charge in [-0.1, -0.05) is 18.2 Å². The number of hydrogen-bond acceptors (Lipinski definition) is 3. The van der Waals surface area contributed by atoms with Gasteiger partial charge in [0.1, 0.15) is 11.3 Å². The minimum absolute atomic E-state index is 0.258. The maximum Gasteiger partial charge on any atom is 0.157 e. The molecule has 0 amide bonds. The van der Waals surface area contributed by atoms with Gasteiger partial charge in [0.25, 0.3) is 0 Å². The van der Waals surface area contributed by atoms with Crippen LogP contribution in [-0.4, -0.2) is 14.4 Å². The van der Waals surface area contributed by atoms with Crippen molar-refractivity contribution in [3.8, 4) is 0 Å². The van der Waals surface area contributed by atoms with E-state index in [1.54, 1.807) is 25.5 Å². The van der Waals surface area contributed by atoms with E-state index in [1.165, 1.54) is 6.07 Å². The van der Waals surface area contributed by atoms with Gasteiger partial charge in [-0.2, -0.15) is 0 Å². The molecule has 0 unspecified atom stereocenters. The first kappa shape index (κ1) is 13.7. The first-order valence-electron chi connectivity index (χ1n) is 7.38. The summed E-state index contributed by atoms with van der Waals surface area (Å²) in [6, 6.07) is 11.2. The van der Waals surface area contributed by atoms with Crippen LogP contribution in [0.4, 0.5) is 15.9 Å². The molecule has 0 aliphatic carbocycles. The molecule has 2 aromatic heterocycles. The average molecular weight is 306 g/mol. The molecule has 1 N–H and O–H groups in total. The Morgan fingerprint density at radius 1 is 1.04 bits per heavy atom. The molecular formula is C18H15FN4. The zero-order chi connectivity index (χ0) is 16.0. The van der Waals surface area contributed by atoms with Crippen molar-refractivity contribution in [3.05, 3.63) is 65.9 Å². The molecule has 4 nitrogen and oxygen atoms in total. The number of para-hydroxylation sites is 1. The van der Waals surface area contributed by atoms with Crippen LogP contribution < -0.4 is 5.32 Å². The molecule has 0 aliphatic rings. The maximum atomic E-state index is 13.9. The fourth-order valence-electron chi connectivity index (χ4n) is 2.71. The monoisotopic (exact) mass is 306 g/mol. The molecule has 0 fully saturated rings. The molecule has 2 aromatic carbocycles. The van der Waals surface area contributed by atoms with Gasteiger partial charge in [-0.05, 0) is 37.1 Å². The molecule has 0 spiro atoms. The lowest BCUT2D eigenvalue weighted by atomic mass is 10.2. The summed E-state index contributed by atoms with van der Waals surface area (Å²) in [5, 5.41) is 3.33. The summed E-state index contributed by atoms with van der Waals surface area (Å²) >= 11 is 0. The Hall–Kier alpha value is -2.95. The van der Waals surface area contributed by atoms with Crippen molar-refractivity contribution in [2.45, 2.75) is 13.8 Å². The van der Waals surface area contributed by atoms with Crippen molar-refractivity contribution in [1.29, 1.82) is 0 Å². The molecule has 0 atom stereocenters. The number of anilines is 2. The van der Waals surface area contributed by atoms with Crippen LogP contribution in [0.5, 0.6) is 0 Å². The average Bonchev–Trinajstić information content (AvgIpc) is 3.02. The number of aromatic nitrogens is 3. The molecular weight excluding hydrogens is 291 g/mol. The predicted octanol–water partition coefficient (Wildman–Crippen LogP) is 4.38. The molecule has 4 rings (SSSR count). The molecule has 2 heterocycles. The second-order valence-electron chi connectivity index (χ2n) is 5.64. The van der Waals surface area contributed by atoms with Crippen LogP contribution in [-0.2, 0) is 0 Å². The van der Waals surface area contributed by atoms with Crippen LogP contribution in [0, 0.1) is 19.7 Å². The van der Waals surface area contributed by atoms with E-state index in [0.717, 1.165) is 22.3 Å². The fourth-order valence-corrected chi connectivity index (χ4v) is 2.71. The van der Waals surface area contributed by atoms with Crippen molar-refractivity contribution in [3.63, 3.8) is 0 Å². The highest BCUT2D eigenvalue weighted by atomic mass is 19.1. The van der Waals surface area contributed by atoms with E-state index < -0.39 is 0 Å². The van der Waals surface area contributed by atoms with Crippen LogP contribution in [0.15, 0.2) is 48.9 Å². The maximum absolute atomic E-state index is 13.9. The first-order chi connectivity index (χ1) is 11.1. The molecule has 23 heavy (non-hydrogen) atoms. The van der Waals surface area contributed by atoms with Crippen molar-refractivity contribution < 1.29 is 4.39 Å². The zero-order valence-electron chi connectivity index (χ0n) is 12.8. The number of nitrogens with one attached hydrogen (secondary N) is 1. The van der Waals surface area contributed by atoms with Gasteiger partial charge in [-0.25, -0.2) is 14.4 Å². The first-order valence-corrected chi connectivity index (χ1v) is 7.38. The van der Waals surface area contributed by atoms with E-state index in [4.69, 9.17) is 0 Å². The Balaban J connectivity index is 1.97. The number of imidazole rings is 1. The van der Waals surface area contributed by atoms with Crippen molar-refractivity contribution in [2.75, 3.05) is 5.32 Å². The third-order valence-electron chi connectivity index (χ3n) is 4.03. The molecule has 0 bridgehead atoms. The molecule has 0 aliphatic heterocycles. The highest BCUT2D eigenvalue weighted by Crippen LogP contribution is 2.27. The Morgan fingerprint density at radius 3 is 2.70 bits per heavy atom. The number of aryl methyl sites for hydroxylation is 2. The van der Waals surface area contributed by atoms with E-state index in [9.17, 15) is 4.39 Å². The summed E-state index contributed by atoms with van der Waals surface area (Å²) in [7, 11) is 0. The van der Waals surface area contributed by atoms with Gasteiger partial charge in [0.15, 0.2) is 5.82 Å². The van der Waals surface area contributed by atoms with Gasteiger partial charge < -0.3 is 5.32 Å². The smallest absolute Gasteiger partial charge is 0.157 e. The topological polar surface area (TPSA) is 42.2 Å². The van der Waals surface area contributed by atoms with Crippen molar-refractivity contribution >= 4 is 28.1 Å². The Kier molecular flexibility index (Phi) is 3.01. The van der Waals surface area contributed by atoms with Gasteiger partial charge in [0.05, 0.1) is 23.6 Å². The highest BCUT2D eigenvalue weighted by Gasteiger charge is 2.11. The molecule has 0 saturated carbocycles. The van der Waals surface area contributed by atoms with E-state index in [2.05, 4.69) is 15.3 Å². The van der Waals surface area contributed by atoms with Crippen LogP contribution in [0.2, 0.25) is 0 Å². The number of rotatable bonds is 2. The zero-order valence-corrected chi connectivity index (χ0v) is 12.8. The lowest BCUT2D eigenvalue weighted by Crippen LogP contribution is -2.01. The van der Waals surface area contributed by atoms with Crippen LogP contribution in [0.1, 0.15) is 11.1 Å². The van der Waals surface area contributed by atoms with Gasteiger partial charge in [-0.15, -0.1) is 0 Å². The quantitative estimate of drug-likeness (QED) is 0.597. The molecule has 114 valence electrons. The summed E-state index contributed by atoms with van der Waals surface area (Å²) in [5.74, 6) is 0.402. The van der Waals surface area contributed by atoms with Crippen LogP contribution in [0.3, 0.4) is 0 Å². The van der Waals surface area contributed by atoms with Crippen molar-refractivity contribution in [1.82, 2.24) is 14.4 Å². The van der Waals surface area contributed by atoms with Crippen LogP contribution in [0.25, 0.3) is 16.6 Å². The highest BCUT2D eigenvalue weighted by molar-refractivity contribution is 5.86. The number of fused-ring (bicyclic) bond motifs is 3. The minimum atomic E-state index is -0.258. The Morgan fingerprint density at radius 2 is 1.87 bits per heavy atom. The third-order valence-corrected chi connectivity index (χ3v) is 4.03. The largest absolute Gasteiger partial charge is 0.338 e. The van der Waals surface area contributed by atoms with E-state index >= 15 is 0 Å². The van der Waals surface area contributed by atoms with Gasteiger partial charge in [-0.3, -0.25) is 4.40 Å². The molecule has 4 aromatic rings. The summed E-state index contributed by atoms with van der Waals surface area (Å²) in [6.07, 6.45) is 3.48.